The molecule has 0 radical (unpaired) electrons. The highest BCUT2D eigenvalue weighted by Crippen LogP contribution is 2.21. The monoisotopic (exact) mass is 316 g/mol. The minimum absolute atomic E-state index is 0.00388. The normalized spacial score (nSPS) is 17.1. The number of hydrogen-bond donors (Lipinski definition) is 1. The first-order valence-corrected chi connectivity index (χ1v) is 8.41. The van der Waals surface area contributed by atoms with Crippen LogP contribution < -0.4 is 5.32 Å². The van der Waals surface area contributed by atoms with Crippen LogP contribution in [0.4, 0.5) is 0 Å². The molecule has 1 fully saturated rings. The summed E-state index contributed by atoms with van der Waals surface area (Å²) in [6.07, 6.45) is 0. The van der Waals surface area contributed by atoms with Crippen molar-refractivity contribution in [3.8, 4) is 0 Å². The summed E-state index contributed by atoms with van der Waals surface area (Å²) in [5.74, 6) is 0.00388. The Morgan fingerprint density at radius 2 is 1.95 bits per heavy atom. The van der Waals surface area contributed by atoms with Crippen LogP contribution in [-0.2, 0) is 4.74 Å². The molecule has 0 saturated carbocycles. The smallest absolute Gasteiger partial charge is 0.261 e. The summed E-state index contributed by atoms with van der Waals surface area (Å²) in [4.78, 5) is 15.3. The SMILES string of the molecule is O=C(NCC(c1ccccc1)N1CCOCC1)c1cccs1. The van der Waals surface area contributed by atoms with Crippen molar-refractivity contribution in [1.82, 2.24) is 10.2 Å². The van der Waals surface area contributed by atoms with Gasteiger partial charge in [0.15, 0.2) is 0 Å². The van der Waals surface area contributed by atoms with Gasteiger partial charge in [-0.15, -0.1) is 11.3 Å². The molecule has 1 atom stereocenters. The number of benzene rings is 1. The maximum Gasteiger partial charge on any atom is 0.261 e. The van der Waals surface area contributed by atoms with Crippen molar-refractivity contribution in [3.63, 3.8) is 0 Å². The summed E-state index contributed by atoms with van der Waals surface area (Å²) >= 11 is 1.47. The molecule has 22 heavy (non-hydrogen) atoms. The molecule has 0 aliphatic carbocycles. The van der Waals surface area contributed by atoms with Crippen molar-refractivity contribution in [2.75, 3.05) is 32.8 Å². The Labute approximate surface area is 134 Å². The average Bonchev–Trinajstić information content (AvgIpc) is 3.11. The summed E-state index contributed by atoms with van der Waals surface area (Å²) in [6.45, 7) is 3.91. The first kappa shape index (κ1) is 15.2. The first-order valence-electron chi connectivity index (χ1n) is 7.53. The van der Waals surface area contributed by atoms with Gasteiger partial charge in [0.1, 0.15) is 0 Å². The number of carbonyl (C=O) groups excluding carboxylic acids is 1. The molecule has 1 aromatic carbocycles. The van der Waals surface area contributed by atoms with Gasteiger partial charge >= 0.3 is 0 Å². The minimum Gasteiger partial charge on any atom is -0.379 e. The molecule has 116 valence electrons. The Bertz CT molecular complexity index is 580. The highest BCUT2D eigenvalue weighted by Gasteiger charge is 2.23. The zero-order chi connectivity index (χ0) is 15.2. The zero-order valence-corrected chi connectivity index (χ0v) is 13.2. The molecule has 1 aliphatic rings. The highest BCUT2D eigenvalue weighted by molar-refractivity contribution is 7.12. The lowest BCUT2D eigenvalue weighted by Gasteiger charge is -2.34. The average molecular weight is 316 g/mol. The van der Waals surface area contributed by atoms with Crippen molar-refractivity contribution in [2.24, 2.45) is 0 Å². The molecule has 1 aromatic heterocycles. The quantitative estimate of drug-likeness (QED) is 0.922. The van der Waals surface area contributed by atoms with Gasteiger partial charge in [0, 0.05) is 19.6 Å². The third kappa shape index (κ3) is 3.74. The van der Waals surface area contributed by atoms with Gasteiger partial charge in [0.25, 0.3) is 5.91 Å². The molecule has 0 spiro atoms. The molecule has 0 bridgehead atoms. The number of morpholine rings is 1. The van der Waals surface area contributed by atoms with Crippen LogP contribution in [0.5, 0.6) is 0 Å². The molecule has 5 heteroatoms. The maximum absolute atomic E-state index is 12.2. The third-order valence-corrected chi connectivity index (χ3v) is 4.74. The van der Waals surface area contributed by atoms with Crippen LogP contribution in [0.2, 0.25) is 0 Å². The Hall–Kier alpha value is -1.69. The molecule has 4 nitrogen and oxygen atoms in total. The van der Waals surface area contributed by atoms with E-state index in [0.717, 1.165) is 31.2 Å². The lowest BCUT2D eigenvalue weighted by Crippen LogP contribution is -2.43. The van der Waals surface area contributed by atoms with Gasteiger partial charge in [-0.3, -0.25) is 9.69 Å². The minimum atomic E-state index is 0.00388. The zero-order valence-electron chi connectivity index (χ0n) is 12.4. The van der Waals surface area contributed by atoms with Crippen molar-refractivity contribution < 1.29 is 9.53 Å². The molecule has 3 rings (SSSR count). The highest BCUT2D eigenvalue weighted by atomic mass is 32.1. The van der Waals surface area contributed by atoms with Crippen LogP contribution >= 0.6 is 11.3 Å². The van der Waals surface area contributed by atoms with Crippen LogP contribution in [0.15, 0.2) is 47.8 Å². The van der Waals surface area contributed by atoms with Crippen LogP contribution in [0.1, 0.15) is 21.3 Å². The lowest BCUT2D eigenvalue weighted by molar-refractivity contribution is 0.0162. The number of amides is 1. The molecule has 1 unspecified atom stereocenters. The largest absolute Gasteiger partial charge is 0.379 e. The van der Waals surface area contributed by atoms with Crippen molar-refractivity contribution in [3.05, 3.63) is 58.3 Å². The second kappa shape index (κ2) is 7.54. The van der Waals surface area contributed by atoms with Crippen molar-refractivity contribution >= 4 is 17.2 Å². The molecular formula is C17H20N2O2S. The molecule has 1 saturated heterocycles. The van der Waals surface area contributed by atoms with Gasteiger partial charge in [-0.1, -0.05) is 36.4 Å². The fourth-order valence-corrected chi connectivity index (χ4v) is 3.35. The van der Waals surface area contributed by atoms with E-state index in [4.69, 9.17) is 4.74 Å². The summed E-state index contributed by atoms with van der Waals surface area (Å²) in [6, 6.07) is 14.3. The van der Waals surface area contributed by atoms with Gasteiger partial charge < -0.3 is 10.1 Å². The first-order chi connectivity index (χ1) is 10.8. The Morgan fingerprint density at radius 3 is 2.64 bits per heavy atom. The van der Waals surface area contributed by atoms with E-state index in [1.54, 1.807) is 0 Å². The van der Waals surface area contributed by atoms with Crippen molar-refractivity contribution in [1.29, 1.82) is 0 Å². The van der Waals surface area contributed by atoms with E-state index in [1.807, 2.05) is 35.7 Å². The summed E-state index contributed by atoms with van der Waals surface area (Å²) < 4.78 is 5.44. The Morgan fingerprint density at radius 1 is 1.18 bits per heavy atom. The third-order valence-electron chi connectivity index (χ3n) is 3.87. The molecule has 1 amide bonds. The van der Waals surface area contributed by atoms with Crippen LogP contribution in [0.25, 0.3) is 0 Å². The number of hydrogen-bond acceptors (Lipinski definition) is 4. The molecule has 2 aromatic rings. The van der Waals surface area contributed by atoms with Gasteiger partial charge in [-0.25, -0.2) is 0 Å². The van der Waals surface area contributed by atoms with Gasteiger partial charge in [0.2, 0.25) is 0 Å². The van der Waals surface area contributed by atoms with E-state index >= 15 is 0 Å². The van der Waals surface area contributed by atoms with Crippen LogP contribution in [0, 0.1) is 0 Å². The number of ether oxygens (including phenoxy) is 1. The molecule has 1 N–H and O–H groups in total. The summed E-state index contributed by atoms with van der Waals surface area (Å²) in [5, 5.41) is 4.99. The predicted octanol–water partition coefficient (Wildman–Crippen LogP) is 2.55. The van der Waals surface area contributed by atoms with E-state index < -0.39 is 0 Å². The van der Waals surface area contributed by atoms with E-state index in [9.17, 15) is 4.79 Å². The fourth-order valence-electron chi connectivity index (χ4n) is 2.71. The summed E-state index contributed by atoms with van der Waals surface area (Å²) in [7, 11) is 0. The molecule has 2 heterocycles. The van der Waals surface area contributed by atoms with Crippen molar-refractivity contribution in [2.45, 2.75) is 6.04 Å². The Kier molecular flexibility index (Phi) is 5.21. The Balaban J connectivity index is 1.69. The van der Waals surface area contributed by atoms with E-state index in [0.29, 0.717) is 6.54 Å². The van der Waals surface area contributed by atoms with E-state index in [1.165, 1.54) is 16.9 Å². The summed E-state index contributed by atoms with van der Waals surface area (Å²) in [5.41, 5.74) is 1.23. The lowest BCUT2D eigenvalue weighted by atomic mass is 10.0. The second-order valence-corrected chi connectivity index (χ2v) is 6.21. The number of carbonyl (C=O) groups is 1. The second-order valence-electron chi connectivity index (χ2n) is 5.26. The van der Waals surface area contributed by atoms with Gasteiger partial charge in [-0.05, 0) is 17.0 Å². The van der Waals surface area contributed by atoms with Gasteiger partial charge in [0.05, 0.1) is 24.1 Å². The number of nitrogens with zero attached hydrogens (tertiary/aromatic N) is 1. The molecule has 1 aliphatic heterocycles. The van der Waals surface area contributed by atoms with E-state index in [-0.39, 0.29) is 11.9 Å². The number of thiophene rings is 1. The van der Waals surface area contributed by atoms with Crippen LogP contribution in [0.3, 0.4) is 0 Å². The molecular weight excluding hydrogens is 296 g/mol. The fraction of sp³-hybridized carbons (Fsp3) is 0.353. The predicted molar refractivity (Wildman–Crippen MR) is 88.2 cm³/mol. The van der Waals surface area contributed by atoms with Gasteiger partial charge in [-0.2, -0.15) is 0 Å². The van der Waals surface area contributed by atoms with E-state index in [2.05, 4.69) is 22.3 Å². The maximum atomic E-state index is 12.2. The van der Waals surface area contributed by atoms with Crippen LogP contribution in [-0.4, -0.2) is 43.7 Å². The topological polar surface area (TPSA) is 41.6 Å². The number of nitrogens with one attached hydrogen (secondary N) is 1. The number of rotatable bonds is 5. The standard InChI is InChI=1S/C17H20N2O2S/c20-17(16-7-4-12-22-16)18-13-15(14-5-2-1-3-6-14)19-8-10-21-11-9-19/h1-7,12,15H,8-11,13H2,(H,18,20).